The van der Waals surface area contributed by atoms with Gasteiger partial charge in [-0.1, -0.05) is 29.8 Å². The first kappa shape index (κ1) is 21.0. The summed E-state index contributed by atoms with van der Waals surface area (Å²) < 4.78 is 10.1. The van der Waals surface area contributed by atoms with Gasteiger partial charge in [0.25, 0.3) is 5.56 Å². The summed E-state index contributed by atoms with van der Waals surface area (Å²) in [4.78, 5) is 31.2. The summed E-state index contributed by atoms with van der Waals surface area (Å²) in [5.74, 6) is 0.549. The lowest BCUT2D eigenvalue weighted by Crippen LogP contribution is -2.40. The van der Waals surface area contributed by atoms with Gasteiger partial charge >= 0.3 is 5.69 Å². The van der Waals surface area contributed by atoms with Crippen molar-refractivity contribution < 1.29 is 4.74 Å². The van der Waals surface area contributed by atoms with E-state index in [4.69, 9.17) is 4.74 Å². The Morgan fingerprint density at radius 2 is 1.84 bits per heavy atom. The smallest absolute Gasteiger partial charge is 0.332 e. The Hall–Kier alpha value is -3.20. The van der Waals surface area contributed by atoms with E-state index in [-0.39, 0.29) is 23.8 Å². The Balaban J connectivity index is 1.89. The molecule has 2 aromatic heterocycles. The fraction of sp³-hybridized carbons (Fsp3) is 0.455. The van der Waals surface area contributed by atoms with Crippen LogP contribution in [0.5, 0.6) is 0 Å². The normalized spacial score (nSPS) is 16.0. The second-order valence-electron chi connectivity index (χ2n) is 7.91. The van der Waals surface area contributed by atoms with E-state index in [1.807, 2.05) is 56.5 Å². The summed E-state index contributed by atoms with van der Waals surface area (Å²) in [7, 11) is 1.65. The monoisotopic (exact) mass is 424 g/mol. The zero-order chi connectivity index (χ0) is 22.3. The standard InChI is InChI=1S/C22H28N6O3/c1-6-31-12-11-27-21-23-19-18(28(21)16(4)15(3)24-27)20(29)26(22(30)25(19)5)13-17-9-7-14(2)8-10-17/h7-10,16H,6,11-13H2,1-5H3/t16-/m1/s1. The van der Waals surface area contributed by atoms with Gasteiger partial charge in [-0.05, 0) is 33.3 Å². The predicted octanol–water partition coefficient (Wildman–Crippen LogP) is 2.05. The number of aromatic nitrogens is 4. The molecule has 164 valence electrons. The van der Waals surface area contributed by atoms with Crippen molar-refractivity contribution in [3.63, 3.8) is 0 Å². The molecule has 4 rings (SSSR count). The fourth-order valence-corrected chi connectivity index (χ4v) is 3.84. The van der Waals surface area contributed by atoms with E-state index >= 15 is 0 Å². The van der Waals surface area contributed by atoms with Crippen LogP contribution in [0.4, 0.5) is 5.95 Å². The summed E-state index contributed by atoms with van der Waals surface area (Å²) in [6.45, 7) is 9.67. The fourth-order valence-electron chi connectivity index (χ4n) is 3.84. The highest BCUT2D eigenvalue weighted by molar-refractivity contribution is 5.91. The highest BCUT2D eigenvalue weighted by Crippen LogP contribution is 2.29. The molecule has 3 heterocycles. The number of aryl methyl sites for hydroxylation is 2. The number of imidazole rings is 1. The Morgan fingerprint density at radius 1 is 1.13 bits per heavy atom. The van der Waals surface area contributed by atoms with E-state index in [1.54, 1.807) is 12.1 Å². The maximum atomic E-state index is 13.5. The number of hydrogen-bond acceptors (Lipinski definition) is 6. The van der Waals surface area contributed by atoms with Gasteiger partial charge in [-0.15, -0.1) is 0 Å². The largest absolute Gasteiger partial charge is 0.380 e. The number of ether oxygens (including phenoxy) is 1. The van der Waals surface area contributed by atoms with Crippen molar-refractivity contribution in [2.45, 2.75) is 40.3 Å². The lowest BCUT2D eigenvalue weighted by molar-refractivity contribution is 0.153. The Bertz CT molecular complexity index is 1270. The van der Waals surface area contributed by atoms with E-state index < -0.39 is 0 Å². The van der Waals surface area contributed by atoms with Gasteiger partial charge in [0.05, 0.1) is 31.4 Å². The first-order valence-corrected chi connectivity index (χ1v) is 10.5. The molecule has 31 heavy (non-hydrogen) atoms. The van der Waals surface area contributed by atoms with Crippen LogP contribution in [0.25, 0.3) is 11.2 Å². The Morgan fingerprint density at radius 3 is 2.52 bits per heavy atom. The van der Waals surface area contributed by atoms with Crippen molar-refractivity contribution in [2.24, 2.45) is 12.1 Å². The van der Waals surface area contributed by atoms with Gasteiger partial charge < -0.3 is 4.74 Å². The molecule has 0 aliphatic carbocycles. The second kappa shape index (κ2) is 8.14. The molecule has 0 radical (unpaired) electrons. The minimum absolute atomic E-state index is 0.152. The van der Waals surface area contributed by atoms with E-state index in [0.717, 1.165) is 16.8 Å². The molecule has 0 bridgehead atoms. The van der Waals surface area contributed by atoms with E-state index in [2.05, 4.69) is 10.1 Å². The highest BCUT2D eigenvalue weighted by atomic mass is 16.5. The quantitative estimate of drug-likeness (QED) is 0.565. The first-order chi connectivity index (χ1) is 14.8. The molecule has 0 spiro atoms. The minimum atomic E-state index is -0.389. The number of nitrogens with zero attached hydrogens (tertiary/aromatic N) is 6. The SMILES string of the molecule is CCOCCN1N=C(C)[C@@H](C)n2c1nc1c2c(=O)n(Cc2ccc(C)cc2)c(=O)n1C. The van der Waals surface area contributed by atoms with Gasteiger partial charge in [-0.25, -0.2) is 9.80 Å². The molecule has 9 heteroatoms. The molecule has 1 aliphatic heterocycles. The maximum absolute atomic E-state index is 13.5. The van der Waals surface area contributed by atoms with Crippen LogP contribution >= 0.6 is 0 Å². The number of benzene rings is 1. The molecule has 1 aliphatic rings. The third kappa shape index (κ3) is 3.59. The van der Waals surface area contributed by atoms with Crippen LogP contribution in [0.1, 0.15) is 37.9 Å². The summed E-state index contributed by atoms with van der Waals surface area (Å²) >= 11 is 0. The molecule has 0 saturated carbocycles. The summed E-state index contributed by atoms with van der Waals surface area (Å²) in [6.07, 6.45) is 0. The van der Waals surface area contributed by atoms with Crippen LogP contribution in [0, 0.1) is 6.92 Å². The molecular formula is C22H28N6O3. The average molecular weight is 425 g/mol. The molecule has 0 fully saturated rings. The van der Waals surface area contributed by atoms with Crippen molar-refractivity contribution >= 4 is 22.8 Å². The van der Waals surface area contributed by atoms with Gasteiger partial charge in [0.15, 0.2) is 11.2 Å². The van der Waals surface area contributed by atoms with Gasteiger partial charge in [0.1, 0.15) is 0 Å². The van der Waals surface area contributed by atoms with Gasteiger partial charge in [0.2, 0.25) is 5.95 Å². The molecule has 1 atom stereocenters. The second-order valence-corrected chi connectivity index (χ2v) is 7.91. The van der Waals surface area contributed by atoms with Crippen molar-refractivity contribution in [1.82, 2.24) is 18.7 Å². The number of anilines is 1. The molecular weight excluding hydrogens is 396 g/mol. The zero-order valence-electron chi connectivity index (χ0n) is 18.6. The van der Waals surface area contributed by atoms with Crippen LogP contribution in [0.15, 0.2) is 39.0 Å². The minimum Gasteiger partial charge on any atom is -0.380 e. The van der Waals surface area contributed by atoms with Gasteiger partial charge in [-0.3, -0.25) is 18.5 Å². The number of hydrazone groups is 1. The van der Waals surface area contributed by atoms with Crippen LogP contribution < -0.4 is 16.3 Å². The summed E-state index contributed by atoms with van der Waals surface area (Å²) in [5.41, 5.74) is 2.92. The lowest BCUT2D eigenvalue weighted by Gasteiger charge is -2.29. The first-order valence-electron chi connectivity index (χ1n) is 10.5. The Labute approximate surface area is 180 Å². The lowest BCUT2D eigenvalue weighted by atomic mass is 10.1. The van der Waals surface area contributed by atoms with Crippen molar-refractivity contribution in [1.29, 1.82) is 0 Å². The van der Waals surface area contributed by atoms with Gasteiger partial charge in [-0.2, -0.15) is 10.1 Å². The van der Waals surface area contributed by atoms with Crippen LogP contribution in [0.3, 0.4) is 0 Å². The Kier molecular flexibility index (Phi) is 5.53. The zero-order valence-corrected chi connectivity index (χ0v) is 18.6. The molecule has 0 saturated heterocycles. The number of rotatable bonds is 6. The van der Waals surface area contributed by atoms with E-state index in [9.17, 15) is 9.59 Å². The van der Waals surface area contributed by atoms with Gasteiger partial charge in [0, 0.05) is 13.7 Å². The molecule has 0 amide bonds. The van der Waals surface area contributed by atoms with E-state index in [1.165, 1.54) is 9.13 Å². The van der Waals surface area contributed by atoms with Crippen LogP contribution in [0.2, 0.25) is 0 Å². The molecule has 9 nitrogen and oxygen atoms in total. The molecule has 0 unspecified atom stereocenters. The molecule has 3 aromatic rings. The van der Waals surface area contributed by atoms with Crippen molar-refractivity contribution in [3.8, 4) is 0 Å². The van der Waals surface area contributed by atoms with E-state index in [0.29, 0.717) is 36.9 Å². The topological polar surface area (TPSA) is 86.7 Å². The average Bonchev–Trinajstić information content (AvgIpc) is 3.16. The third-order valence-electron chi connectivity index (χ3n) is 5.77. The maximum Gasteiger partial charge on any atom is 0.332 e. The summed E-state index contributed by atoms with van der Waals surface area (Å²) in [6, 6.07) is 7.67. The molecule has 1 aromatic carbocycles. The summed E-state index contributed by atoms with van der Waals surface area (Å²) in [5, 5.41) is 6.39. The predicted molar refractivity (Wildman–Crippen MR) is 121 cm³/mol. The van der Waals surface area contributed by atoms with Crippen molar-refractivity contribution in [2.75, 3.05) is 24.8 Å². The number of fused-ring (bicyclic) bond motifs is 3. The third-order valence-corrected chi connectivity index (χ3v) is 5.77. The van der Waals surface area contributed by atoms with Crippen LogP contribution in [-0.2, 0) is 18.3 Å². The number of hydrogen-bond donors (Lipinski definition) is 0. The highest BCUT2D eigenvalue weighted by Gasteiger charge is 2.30. The molecule has 0 N–H and O–H groups in total. The van der Waals surface area contributed by atoms with Crippen molar-refractivity contribution in [3.05, 3.63) is 56.2 Å². The van der Waals surface area contributed by atoms with Crippen LogP contribution in [-0.4, -0.2) is 44.2 Å².